The first-order valence-corrected chi connectivity index (χ1v) is 8.43. The summed E-state index contributed by atoms with van der Waals surface area (Å²) >= 11 is 3.37. The second kappa shape index (κ2) is 7.03. The summed E-state index contributed by atoms with van der Waals surface area (Å²) in [6.45, 7) is 0.554. The number of amides is 1. The zero-order valence-corrected chi connectivity index (χ0v) is 15.2. The molecule has 136 valence electrons. The van der Waals surface area contributed by atoms with E-state index in [0.717, 1.165) is 9.86 Å². The maximum absolute atomic E-state index is 12.6. The van der Waals surface area contributed by atoms with Crippen molar-refractivity contribution < 1.29 is 22.4 Å². The summed E-state index contributed by atoms with van der Waals surface area (Å²) in [5.41, 5.74) is 1.62. The standard InChI is InChI=1S/C18H14BrF3N2O2/c1-10-12-8-11(19)6-7-15(12)26-16(10)17(25)24-14-5-3-2-4-13(14)23-9-18(20,21)22/h2-8,23H,9H2,1H3,(H,24,25). The first-order chi connectivity index (χ1) is 12.2. The van der Waals surface area contributed by atoms with Crippen molar-refractivity contribution in [2.24, 2.45) is 0 Å². The normalized spacial score (nSPS) is 11.6. The van der Waals surface area contributed by atoms with Crippen LogP contribution in [0.15, 0.2) is 51.4 Å². The molecule has 2 N–H and O–H groups in total. The molecule has 0 atom stereocenters. The van der Waals surface area contributed by atoms with E-state index in [-0.39, 0.29) is 17.1 Å². The molecule has 0 spiro atoms. The van der Waals surface area contributed by atoms with Crippen LogP contribution in [0.2, 0.25) is 0 Å². The number of rotatable bonds is 4. The minimum atomic E-state index is -4.36. The van der Waals surface area contributed by atoms with Gasteiger partial charge in [-0.15, -0.1) is 0 Å². The van der Waals surface area contributed by atoms with Crippen LogP contribution in [0.25, 0.3) is 11.0 Å². The van der Waals surface area contributed by atoms with Crippen molar-refractivity contribution >= 4 is 44.2 Å². The van der Waals surface area contributed by atoms with Gasteiger partial charge in [-0.3, -0.25) is 4.79 Å². The van der Waals surface area contributed by atoms with Crippen LogP contribution in [0.5, 0.6) is 0 Å². The Bertz CT molecular complexity index is 967. The predicted molar refractivity (Wildman–Crippen MR) is 97.6 cm³/mol. The number of anilines is 2. The molecule has 0 unspecified atom stereocenters. The number of benzene rings is 2. The van der Waals surface area contributed by atoms with E-state index in [9.17, 15) is 18.0 Å². The Morgan fingerprint density at radius 1 is 1.15 bits per heavy atom. The molecule has 26 heavy (non-hydrogen) atoms. The van der Waals surface area contributed by atoms with Crippen LogP contribution in [-0.2, 0) is 0 Å². The summed E-state index contributed by atoms with van der Waals surface area (Å²) in [7, 11) is 0. The molecule has 1 amide bonds. The molecule has 1 aromatic heterocycles. The van der Waals surface area contributed by atoms with Gasteiger partial charge in [-0.25, -0.2) is 0 Å². The second-order valence-electron chi connectivity index (χ2n) is 5.67. The molecular weight excluding hydrogens is 413 g/mol. The third kappa shape index (κ3) is 4.01. The number of furan rings is 1. The Balaban J connectivity index is 1.86. The number of hydrogen-bond acceptors (Lipinski definition) is 3. The quantitative estimate of drug-likeness (QED) is 0.559. The van der Waals surface area contributed by atoms with Crippen molar-refractivity contribution in [3.8, 4) is 0 Å². The van der Waals surface area contributed by atoms with Crippen LogP contribution in [0.3, 0.4) is 0 Å². The van der Waals surface area contributed by atoms with Gasteiger partial charge in [-0.1, -0.05) is 28.1 Å². The number of halogens is 4. The lowest BCUT2D eigenvalue weighted by atomic mass is 10.1. The lowest BCUT2D eigenvalue weighted by molar-refractivity contribution is -0.115. The summed E-state index contributed by atoms with van der Waals surface area (Å²) in [4.78, 5) is 12.6. The Hall–Kier alpha value is -2.48. The Kier molecular flexibility index (Phi) is 4.95. The maximum atomic E-state index is 12.6. The van der Waals surface area contributed by atoms with Gasteiger partial charge < -0.3 is 15.1 Å². The van der Waals surface area contributed by atoms with Crippen LogP contribution in [0.4, 0.5) is 24.5 Å². The van der Waals surface area contributed by atoms with Crippen LogP contribution >= 0.6 is 15.9 Å². The largest absolute Gasteiger partial charge is 0.451 e. The molecule has 0 aliphatic rings. The fourth-order valence-electron chi connectivity index (χ4n) is 2.53. The Labute approximate surface area is 155 Å². The Morgan fingerprint density at radius 3 is 2.54 bits per heavy atom. The van der Waals surface area contributed by atoms with Gasteiger partial charge in [0.2, 0.25) is 0 Å². The van der Waals surface area contributed by atoms with Crippen molar-refractivity contribution in [1.29, 1.82) is 0 Å². The lowest BCUT2D eigenvalue weighted by Gasteiger charge is -2.14. The Morgan fingerprint density at radius 2 is 1.85 bits per heavy atom. The fourth-order valence-corrected chi connectivity index (χ4v) is 2.89. The lowest BCUT2D eigenvalue weighted by Crippen LogP contribution is -2.22. The number of hydrogen-bond donors (Lipinski definition) is 2. The molecule has 2 aromatic carbocycles. The van der Waals surface area contributed by atoms with Crippen molar-refractivity contribution in [2.75, 3.05) is 17.2 Å². The highest BCUT2D eigenvalue weighted by molar-refractivity contribution is 9.10. The van der Waals surface area contributed by atoms with Gasteiger partial charge in [0.25, 0.3) is 5.91 Å². The summed E-state index contributed by atoms with van der Waals surface area (Å²) in [5, 5.41) is 5.67. The SMILES string of the molecule is Cc1c(C(=O)Nc2ccccc2NCC(F)(F)F)oc2ccc(Br)cc12. The van der Waals surface area contributed by atoms with Crippen molar-refractivity contribution in [1.82, 2.24) is 0 Å². The molecule has 4 nitrogen and oxygen atoms in total. The smallest absolute Gasteiger partial charge is 0.405 e. The zero-order chi connectivity index (χ0) is 18.9. The molecule has 1 heterocycles. The maximum Gasteiger partial charge on any atom is 0.405 e. The van der Waals surface area contributed by atoms with Gasteiger partial charge in [0.15, 0.2) is 5.76 Å². The minimum Gasteiger partial charge on any atom is -0.451 e. The summed E-state index contributed by atoms with van der Waals surface area (Å²) < 4.78 is 43.8. The van der Waals surface area contributed by atoms with Gasteiger partial charge in [0.1, 0.15) is 12.1 Å². The third-order valence-corrected chi connectivity index (χ3v) is 4.25. The van der Waals surface area contributed by atoms with E-state index in [4.69, 9.17) is 4.42 Å². The number of nitrogens with one attached hydrogen (secondary N) is 2. The number of aryl methyl sites for hydroxylation is 1. The van der Waals surface area contributed by atoms with Crippen LogP contribution in [0.1, 0.15) is 16.1 Å². The molecule has 0 saturated carbocycles. The van der Waals surface area contributed by atoms with E-state index >= 15 is 0 Å². The number of fused-ring (bicyclic) bond motifs is 1. The van der Waals surface area contributed by atoms with E-state index < -0.39 is 18.6 Å². The van der Waals surface area contributed by atoms with E-state index in [1.165, 1.54) is 12.1 Å². The first kappa shape index (κ1) is 18.3. The predicted octanol–water partition coefficient (Wildman–Crippen LogP) is 5.73. The molecule has 3 aromatic rings. The first-order valence-electron chi connectivity index (χ1n) is 7.64. The molecule has 0 saturated heterocycles. The highest BCUT2D eigenvalue weighted by Crippen LogP contribution is 2.30. The van der Waals surface area contributed by atoms with E-state index in [1.54, 1.807) is 31.2 Å². The summed E-state index contributed by atoms with van der Waals surface area (Å²) in [6, 6.07) is 11.6. The highest BCUT2D eigenvalue weighted by atomic mass is 79.9. The molecule has 3 rings (SSSR count). The fraction of sp³-hybridized carbons (Fsp3) is 0.167. The van der Waals surface area contributed by atoms with Gasteiger partial charge in [0.05, 0.1) is 11.4 Å². The molecule has 0 aliphatic heterocycles. The van der Waals surface area contributed by atoms with Gasteiger partial charge >= 0.3 is 6.18 Å². The molecule has 0 fully saturated rings. The van der Waals surface area contributed by atoms with Gasteiger partial charge in [-0.2, -0.15) is 13.2 Å². The van der Waals surface area contributed by atoms with Crippen LogP contribution < -0.4 is 10.6 Å². The topological polar surface area (TPSA) is 54.3 Å². The summed E-state index contributed by atoms with van der Waals surface area (Å²) in [5.74, 6) is -0.417. The third-order valence-electron chi connectivity index (χ3n) is 3.76. The summed E-state index contributed by atoms with van der Waals surface area (Å²) in [6.07, 6.45) is -4.36. The van der Waals surface area contributed by atoms with Crippen molar-refractivity contribution in [3.63, 3.8) is 0 Å². The molecule has 8 heteroatoms. The van der Waals surface area contributed by atoms with Crippen LogP contribution in [0, 0.1) is 6.92 Å². The molecule has 0 aliphatic carbocycles. The highest BCUT2D eigenvalue weighted by Gasteiger charge is 2.27. The second-order valence-corrected chi connectivity index (χ2v) is 6.58. The molecular formula is C18H14BrF3N2O2. The van der Waals surface area contributed by atoms with E-state index in [0.29, 0.717) is 11.1 Å². The minimum absolute atomic E-state index is 0.115. The van der Waals surface area contributed by atoms with Crippen LogP contribution in [-0.4, -0.2) is 18.6 Å². The van der Waals surface area contributed by atoms with Crippen molar-refractivity contribution in [2.45, 2.75) is 13.1 Å². The zero-order valence-electron chi connectivity index (χ0n) is 13.6. The molecule has 0 bridgehead atoms. The number of para-hydroxylation sites is 2. The van der Waals surface area contributed by atoms with Gasteiger partial charge in [-0.05, 0) is 37.3 Å². The van der Waals surface area contributed by atoms with E-state index in [2.05, 4.69) is 26.6 Å². The monoisotopic (exact) mass is 426 g/mol. The number of carbonyl (C=O) groups is 1. The average Bonchev–Trinajstić information content (AvgIpc) is 2.90. The average molecular weight is 427 g/mol. The van der Waals surface area contributed by atoms with E-state index in [1.807, 2.05) is 6.07 Å². The number of carbonyl (C=O) groups excluding carboxylic acids is 1. The molecule has 0 radical (unpaired) electrons. The number of alkyl halides is 3. The van der Waals surface area contributed by atoms with Crippen molar-refractivity contribution in [3.05, 3.63) is 58.3 Å². The van der Waals surface area contributed by atoms with Gasteiger partial charge in [0, 0.05) is 15.4 Å².